The molecule has 0 spiro atoms. The number of benzene rings is 6. The van der Waals surface area contributed by atoms with Crippen molar-refractivity contribution in [2.75, 3.05) is 0 Å². The standard InChI is InChI=1S/C40H38/c1-3-5-7-9-11-13-19-31-29-21-15-17-23-33(29)37-28-26-36-32(20-14-12-10-8-6-4-2)30-22-16-18-24-34(30)38-27-25-35(31)39(37)40(36)38/h15-18,21-28H,3-12H2,1-2H3. The summed E-state index contributed by atoms with van der Waals surface area (Å²) in [6, 6.07) is 26.9. The van der Waals surface area contributed by atoms with E-state index in [9.17, 15) is 0 Å². The first kappa shape index (κ1) is 26.2. The van der Waals surface area contributed by atoms with E-state index in [2.05, 4.69) is 110 Å². The van der Waals surface area contributed by atoms with Crippen LogP contribution in [-0.4, -0.2) is 0 Å². The van der Waals surface area contributed by atoms with Crippen molar-refractivity contribution in [3.05, 3.63) is 83.9 Å². The molecule has 0 heterocycles. The third-order valence-electron chi connectivity index (χ3n) is 8.41. The summed E-state index contributed by atoms with van der Waals surface area (Å²) in [6.45, 7) is 4.52. The van der Waals surface area contributed by atoms with Crippen LogP contribution in [0, 0.1) is 23.7 Å². The highest BCUT2D eigenvalue weighted by molar-refractivity contribution is 6.35. The Balaban J connectivity index is 1.60. The Bertz CT molecular complexity index is 1790. The van der Waals surface area contributed by atoms with Gasteiger partial charge in [-0.1, -0.05) is 149 Å². The highest BCUT2D eigenvalue weighted by Crippen LogP contribution is 2.44. The molecule has 0 aliphatic rings. The van der Waals surface area contributed by atoms with Crippen LogP contribution in [0.2, 0.25) is 0 Å². The molecule has 0 N–H and O–H groups in total. The zero-order chi connectivity index (χ0) is 27.3. The molecular formula is C40H38. The molecule has 0 aromatic heterocycles. The third-order valence-corrected chi connectivity index (χ3v) is 8.41. The van der Waals surface area contributed by atoms with Gasteiger partial charge in [-0.3, -0.25) is 0 Å². The van der Waals surface area contributed by atoms with Crippen LogP contribution in [0.4, 0.5) is 0 Å². The van der Waals surface area contributed by atoms with E-state index in [4.69, 9.17) is 0 Å². The van der Waals surface area contributed by atoms with Gasteiger partial charge in [0.15, 0.2) is 0 Å². The van der Waals surface area contributed by atoms with Gasteiger partial charge in [0.25, 0.3) is 0 Å². The first-order chi connectivity index (χ1) is 19.8. The molecule has 0 fully saturated rings. The van der Waals surface area contributed by atoms with Crippen LogP contribution in [0.25, 0.3) is 53.9 Å². The predicted octanol–water partition coefficient (Wildman–Crippen LogP) is 11.5. The maximum atomic E-state index is 3.65. The molecule has 6 aromatic carbocycles. The Morgan fingerprint density at radius 1 is 0.400 bits per heavy atom. The summed E-state index contributed by atoms with van der Waals surface area (Å²) in [6.07, 6.45) is 11.9. The second-order valence-corrected chi connectivity index (χ2v) is 11.1. The topological polar surface area (TPSA) is 0 Å². The molecule has 6 rings (SSSR count). The molecule has 6 aromatic rings. The lowest BCUT2D eigenvalue weighted by Gasteiger charge is -2.18. The van der Waals surface area contributed by atoms with E-state index in [0.29, 0.717) is 0 Å². The highest BCUT2D eigenvalue weighted by atomic mass is 14.2. The normalized spacial score (nSPS) is 11.3. The van der Waals surface area contributed by atoms with Crippen LogP contribution in [-0.2, 0) is 0 Å². The van der Waals surface area contributed by atoms with Gasteiger partial charge >= 0.3 is 0 Å². The molecule has 0 atom stereocenters. The summed E-state index contributed by atoms with van der Waals surface area (Å²) in [5.41, 5.74) is 2.34. The molecule has 0 unspecified atom stereocenters. The molecule has 0 bridgehead atoms. The smallest absolute Gasteiger partial charge is 0.0402 e. The number of fused-ring (bicyclic) bond motifs is 4. The van der Waals surface area contributed by atoms with Crippen molar-refractivity contribution >= 4 is 53.9 Å². The fourth-order valence-corrected chi connectivity index (χ4v) is 6.37. The van der Waals surface area contributed by atoms with Crippen LogP contribution in [0.5, 0.6) is 0 Å². The molecule has 0 saturated heterocycles. The van der Waals surface area contributed by atoms with E-state index in [-0.39, 0.29) is 0 Å². The molecule has 0 radical (unpaired) electrons. The van der Waals surface area contributed by atoms with Crippen molar-refractivity contribution in [3.8, 4) is 23.7 Å². The largest absolute Gasteiger partial charge is 0.0978 e. The Morgan fingerprint density at radius 3 is 1.23 bits per heavy atom. The predicted molar refractivity (Wildman–Crippen MR) is 176 cm³/mol. The molecule has 40 heavy (non-hydrogen) atoms. The highest BCUT2D eigenvalue weighted by Gasteiger charge is 2.18. The van der Waals surface area contributed by atoms with Gasteiger partial charge in [-0.25, -0.2) is 0 Å². The molecule has 0 heteroatoms. The second kappa shape index (κ2) is 12.0. The second-order valence-electron chi connectivity index (χ2n) is 11.1. The summed E-state index contributed by atoms with van der Waals surface area (Å²) >= 11 is 0. The molecule has 0 amide bonds. The van der Waals surface area contributed by atoms with Crippen LogP contribution in [0.3, 0.4) is 0 Å². The van der Waals surface area contributed by atoms with E-state index >= 15 is 0 Å². The van der Waals surface area contributed by atoms with Gasteiger partial charge in [-0.15, -0.1) is 0 Å². The minimum atomic E-state index is 0.957. The first-order valence-electron chi connectivity index (χ1n) is 15.3. The maximum absolute atomic E-state index is 3.65. The number of rotatable bonds is 8. The third kappa shape index (κ3) is 4.78. The average molecular weight is 519 g/mol. The van der Waals surface area contributed by atoms with Crippen molar-refractivity contribution < 1.29 is 0 Å². The summed E-state index contributed by atoms with van der Waals surface area (Å²) in [4.78, 5) is 0. The Labute approximate surface area is 239 Å². The van der Waals surface area contributed by atoms with Crippen LogP contribution >= 0.6 is 0 Å². The summed E-state index contributed by atoms with van der Waals surface area (Å²) in [7, 11) is 0. The van der Waals surface area contributed by atoms with Crippen molar-refractivity contribution in [1.29, 1.82) is 0 Å². The maximum Gasteiger partial charge on any atom is 0.0402 e. The Kier molecular flexibility index (Phi) is 7.89. The van der Waals surface area contributed by atoms with Gasteiger partial charge in [-0.05, 0) is 66.7 Å². The van der Waals surface area contributed by atoms with Crippen LogP contribution in [0.1, 0.15) is 89.2 Å². The lowest BCUT2D eigenvalue weighted by atomic mass is 9.84. The van der Waals surface area contributed by atoms with E-state index in [1.165, 1.54) is 116 Å². The van der Waals surface area contributed by atoms with Gasteiger partial charge in [0.1, 0.15) is 0 Å². The van der Waals surface area contributed by atoms with Gasteiger partial charge in [0, 0.05) is 24.0 Å². The lowest BCUT2D eigenvalue weighted by molar-refractivity contribution is 0.679. The quantitative estimate of drug-likeness (QED) is 0.0813. The fourth-order valence-electron chi connectivity index (χ4n) is 6.37. The van der Waals surface area contributed by atoms with E-state index < -0.39 is 0 Å². The van der Waals surface area contributed by atoms with Gasteiger partial charge in [0.2, 0.25) is 0 Å². The molecule has 0 saturated carbocycles. The summed E-state index contributed by atoms with van der Waals surface area (Å²) in [5, 5.41) is 12.9. The van der Waals surface area contributed by atoms with Gasteiger partial charge < -0.3 is 0 Å². The van der Waals surface area contributed by atoms with Gasteiger partial charge in [0.05, 0.1) is 0 Å². The number of hydrogen-bond acceptors (Lipinski definition) is 0. The van der Waals surface area contributed by atoms with E-state index in [0.717, 1.165) is 12.8 Å². The van der Waals surface area contributed by atoms with Crippen molar-refractivity contribution in [2.45, 2.75) is 78.1 Å². The van der Waals surface area contributed by atoms with Crippen molar-refractivity contribution in [1.82, 2.24) is 0 Å². The lowest BCUT2D eigenvalue weighted by Crippen LogP contribution is -1.93. The monoisotopic (exact) mass is 518 g/mol. The summed E-state index contributed by atoms with van der Waals surface area (Å²) in [5.74, 6) is 14.4. The fraction of sp³-hybridized carbons (Fsp3) is 0.300. The summed E-state index contributed by atoms with van der Waals surface area (Å²) < 4.78 is 0. The van der Waals surface area contributed by atoms with Crippen molar-refractivity contribution in [2.24, 2.45) is 0 Å². The van der Waals surface area contributed by atoms with Crippen LogP contribution < -0.4 is 0 Å². The minimum Gasteiger partial charge on any atom is -0.0978 e. The minimum absolute atomic E-state index is 0.957. The molecular weight excluding hydrogens is 480 g/mol. The zero-order valence-corrected chi connectivity index (χ0v) is 24.0. The number of hydrogen-bond donors (Lipinski definition) is 0. The first-order valence-corrected chi connectivity index (χ1v) is 15.3. The van der Waals surface area contributed by atoms with E-state index in [1.807, 2.05) is 0 Å². The Morgan fingerprint density at radius 2 is 0.800 bits per heavy atom. The van der Waals surface area contributed by atoms with Crippen LogP contribution in [0.15, 0.2) is 72.8 Å². The number of unbranched alkanes of at least 4 members (excludes halogenated alkanes) is 8. The Hall–Kier alpha value is -4.00. The average Bonchev–Trinajstić information content (AvgIpc) is 3.00. The van der Waals surface area contributed by atoms with Gasteiger partial charge in [-0.2, -0.15) is 0 Å². The zero-order valence-electron chi connectivity index (χ0n) is 24.0. The molecule has 0 aliphatic carbocycles. The van der Waals surface area contributed by atoms with E-state index in [1.54, 1.807) is 0 Å². The molecule has 198 valence electrons. The molecule has 0 nitrogen and oxygen atoms in total. The molecule has 0 aliphatic heterocycles. The van der Waals surface area contributed by atoms with Crippen molar-refractivity contribution in [3.63, 3.8) is 0 Å². The SMILES string of the molecule is CCCCCCC#Cc1c2ccccc2c2ccc3c(C#CCCCCCC)c4ccccc4c4ccc1c2c34.